The number of aliphatic hydroxyl groups is 1. The molecule has 1 aliphatic rings. The van der Waals surface area contributed by atoms with Gasteiger partial charge in [0.15, 0.2) is 0 Å². The Labute approximate surface area is 202 Å². The van der Waals surface area contributed by atoms with E-state index >= 15 is 0 Å². The van der Waals surface area contributed by atoms with Crippen molar-refractivity contribution in [2.45, 2.75) is 18.8 Å². The maximum absolute atomic E-state index is 13.2. The number of likely N-dealkylation sites (tertiary alicyclic amines) is 1. The van der Waals surface area contributed by atoms with E-state index in [1.165, 1.54) is 42.7 Å². The molecule has 2 aromatic carbocycles. The number of hydrogen-bond donors (Lipinski definition) is 1. The number of amides is 1. The van der Waals surface area contributed by atoms with Crippen LogP contribution in [0.25, 0.3) is 5.76 Å². The van der Waals surface area contributed by atoms with Gasteiger partial charge in [0.05, 0.1) is 27.2 Å². The van der Waals surface area contributed by atoms with Gasteiger partial charge in [-0.2, -0.15) is 13.2 Å². The lowest BCUT2D eigenvalue weighted by atomic mass is 9.96. The van der Waals surface area contributed by atoms with Crippen LogP contribution in [0.15, 0.2) is 72.6 Å². The third-order valence-corrected chi connectivity index (χ3v) is 6.08. The number of carbonyl (C=O) groups is 2. The highest BCUT2D eigenvalue weighted by molar-refractivity contribution is 6.46. The summed E-state index contributed by atoms with van der Waals surface area (Å²) in [6.45, 7) is -0.299. The van der Waals surface area contributed by atoms with Gasteiger partial charge in [-0.05, 0) is 47.5 Å². The van der Waals surface area contributed by atoms with E-state index in [1.807, 2.05) is 0 Å². The monoisotopic (exact) mass is 506 g/mol. The Balaban J connectivity index is 1.83. The standard InChI is InChI=1S/C24H15Cl2F3N2O3/c25-17-7-6-14(10-18(17)26)21(32)19-20(15-4-2-8-30-11-15)31(23(34)22(19)33)12-13-3-1-5-16(9-13)24(27,28)29/h1-11,20,32H,12H2/b21-19+. The summed E-state index contributed by atoms with van der Waals surface area (Å²) in [6, 6.07) is 10.8. The van der Waals surface area contributed by atoms with Gasteiger partial charge in [0.2, 0.25) is 0 Å². The van der Waals surface area contributed by atoms with Crippen LogP contribution in [-0.4, -0.2) is 26.7 Å². The Kier molecular flexibility index (Phi) is 6.38. The molecule has 0 spiro atoms. The van der Waals surface area contributed by atoms with Crippen LogP contribution in [0.3, 0.4) is 0 Å². The van der Waals surface area contributed by atoms with E-state index in [4.69, 9.17) is 23.2 Å². The average Bonchev–Trinajstić information content (AvgIpc) is 3.05. The lowest BCUT2D eigenvalue weighted by Gasteiger charge is -2.25. The summed E-state index contributed by atoms with van der Waals surface area (Å²) < 4.78 is 39.5. The smallest absolute Gasteiger partial charge is 0.416 e. The molecule has 1 fully saturated rings. The van der Waals surface area contributed by atoms with Gasteiger partial charge in [-0.25, -0.2) is 0 Å². The molecule has 0 radical (unpaired) electrons. The van der Waals surface area contributed by atoms with Gasteiger partial charge in [-0.15, -0.1) is 0 Å². The molecule has 2 heterocycles. The van der Waals surface area contributed by atoms with Crippen molar-refractivity contribution in [3.05, 3.63) is 105 Å². The highest BCUT2D eigenvalue weighted by atomic mass is 35.5. The number of pyridine rings is 1. The number of hydrogen-bond acceptors (Lipinski definition) is 4. The van der Waals surface area contributed by atoms with Crippen LogP contribution in [-0.2, 0) is 22.3 Å². The first-order valence-corrected chi connectivity index (χ1v) is 10.6. The first-order chi connectivity index (χ1) is 16.1. The van der Waals surface area contributed by atoms with Crippen molar-refractivity contribution in [1.29, 1.82) is 0 Å². The minimum atomic E-state index is -4.57. The predicted molar refractivity (Wildman–Crippen MR) is 120 cm³/mol. The quantitative estimate of drug-likeness (QED) is 0.266. The van der Waals surface area contributed by atoms with Gasteiger partial charge in [0, 0.05) is 24.5 Å². The molecule has 0 aliphatic carbocycles. The van der Waals surface area contributed by atoms with Gasteiger partial charge < -0.3 is 10.0 Å². The fourth-order valence-electron chi connectivity index (χ4n) is 3.77. The fourth-order valence-corrected chi connectivity index (χ4v) is 4.07. The van der Waals surface area contributed by atoms with Crippen LogP contribution in [0.5, 0.6) is 0 Å². The summed E-state index contributed by atoms with van der Waals surface area (Å²) in [4.78, 5) is 31.1. The zero-order chi connectivity index (χ0) is 24.6. The van der Waals surface area contributed by atoms with Gasteiger partial charge >= 0.3 is 6.18 Å². The number of benzene rings is 2. The second-order valence-electron chi connectivity index (χ2n) is 7.54. The summed E-state index contributed by atoms with van der Waals surface area (Å²) in [5, 5.41) is 11.4. The topological polar surface area (TPSA) is 70.5 Å². The van der Waals surface area contributed by atoms with Crippen LogP contribution in [0.4, 0.5) is 13.2 Å². The highest BCUT2D eigenvalue weighted by Gasteiger charge is 2.46. The van der Waals surface area contributed by atoms with E-state index in [9.17, 15) is 27.9 Å². The van der Waals surface area contributed by atoms with Gasteiger partial charge in [0.25, 0.3) is 11.7 Å². The predicted octanol–water partition coefficient (Wildman–Crippen LogP) is 6.03. The van der Waals surface area contributed by atoms with E-state index < -0.39 is 35.2 Å². The summed E-state index contributed by atoms with van der Waals surface area (Å²) in [7, 11) is 0. The fraction of sp³-hybridized carbons (Fsp3) is 0.125. The highest BCUT2D eigenvalue weighted by Crippen LogP contribution is 2.41. The maximum Gasteiger partial charge on any atom is 0.416 e. The molecule has 1 atom stereocenters. The Hall–Kier alpha value is -3.36. The van der Waals surface area contributed by atoms with E-state index in [-0.39, 0.29) is 33.3 Å². The lowest BCUT2D eigenvalue weighted by Crippen LogP contribution is -2.29. The Bertz CT molecular complexity index is 1310. The molecule has 1 amide bonds. The summed E-state index contributed by atoms with van der Waals surface area (Å²) in [5.41, 5.74) is -0.394. The molecule has 5 nitrogen and oxygen atoms in total. The number of Topliss-reactive ketones (excluding diaryl/α,β-unsaturated/α-hetero) is 1. The van der Waals surface area contributed by atoms with E-state index in [0.29, 0.717) is 5.56 Å². The number of aromatic nitrogens is 1. The summed E-state index contributed by atoms with van der Waals surface area (Å²) in [5.74, 6) is -2.44. The number of nitrogens with zero attached hydrogens (tertiary/aromatic N) is 2. The number of halogens is 5. The molecule has 1 aromatic heterocycles. The molecule has 3 aromatic rings. The van der Waals surface area contributed by atoms with Crippen LogP contribution < -0.4 is 0 Å². The van der Waals surface area contributed by atoms with Crippen LogP contribution in [0.2, 0.25) is 10.0 Å². The molecular weight excluding hydrogens is 492 g/mol. The molecule has 174 valence electrons. The first kappa shape index (κ1) is 23.8. The SMILES string of the molecule is O=C1C(=O)N(Cc2cccc(C(F)(F)F)c2)C(c2cccnc2)/C1=C(\O)c1ccc(Cl)c(Cl)c1. The van der Waals surface area contributed by atoms with Gasteiger partial charge in [0.1, 0.15) is 5.76 Å². The molecular formula is C24H15Cl2F3N2O3. The van der Waals surface area contributed by atoms with Gasteiger partial charge in [-0.3, -0.25) is 14.6 Å². The minimum absolute atomic E-state index is 0.127. The van der Waals surface area contributed by atoms with E-state index in [2.05, 4.69) is 4.98 Å². The maximum atomic E-state index is 13.2. The Morgan fingerprint density at radius 2 is 1.79 bits per heavy atom. The molecule has 10 heteroatoms. The zero-order valence-electron chi connectivity index (χ0n) is 17.2. The van der Waals surface area contributed by atoms with E-state index in [1.54, 1.807) is 12.1 Å². The molecule has 0 bridgehead atoms. The van der Waals surface area contributed by atoms with Crippen LogP contribution in [0, 0.1) is 0 Å². The van der Waals surface area contributed by atoms with E-state index in [0.717, 1.165) is 17.0 Å². The lowest BCUT2D eigenvalue weighted by molar-refractivity contribution is -0.140. The second kappa shape index (κ2) is 9.12. The number of carbonyl (C=O) groups excluding carboxylic acids is 2. The van der Waals surface area contributed by atoms with Crippen molar-refractivity contribution in [3.63, 3.8) is 0 Å². The average molecular weight is 507 g/mol. The Morgan fingerprint density at radius 1 is 1.03 bits per heavy atom. The normalized spacial score (nSPS) is 17.9. The van der Waals surface area contributed by atoms with Crippen molar-refractivity contribution in [1.82, 2.24) is 9.88 Å². The van der Waals surface area contributed by atoms with Crippen molar-refractivity contribution in [2.75, 3.05) is 0 Å². The largest absolute Gasteiger partial charge is 0.507 e. The number of aliphatic hydroxyl groups excluding tert-OH is 1. The molecule has 4 rings (SSSR count). The van der Waals surface area contributed by atoms with Crippen LogP contribution >= 0.6 is 23.2 Å². The molecule has 1 unspecified atom stereocenters. The third kappa shape index (κ3) is 4.51. The number of alkyl halides is 3. The van der Waals surface area contributed by atoms with Crippen molar-refractivity contribution < 1.29 is 27.9 Å². The molecule has 1 N–H and O–H groups in total. The van der Waals surface area contributed by atoms with Gasteiger partial charge in [-0.1, -0.05) is 41.4 Å². The molecule has 1 saturated heterocycles. The zero-order valence-corrected chi connectivity index (χ0v) is 18.7. The molecule has 0 saturated carbocycles. The van der Waals surface area contributed by atoms with Crippen molar-refractivity contribution >= 4 is 40.7 Å². The second-order valence-corrected chi connectivity index (χ2v) is 8.35. The number of rotatable bonds is 4. The van der Waals surface area contributed by atoms with Crippen LogP contribution in [0.1, 0.15) is 28.3 Å². The molecule has 1 aliphatic heterocycles. The minimum Gasteiger partial charge on any atom is -0.507 e. The third-order valence-electron chi connectivity index (χ3n) is 5.34. The Morgan fingerprint density at radius 3 is 2.44 bits per heavy atom. The number of ketones is 1. The summed E-state index contributed by atoms with van der Waals surface area (Å²) in [6.07, 6.45) is -1.67. The summed E-state index contributed by atoms with van der Waals surface area (Å²) >= 11 is 12.0. The van der Waals surface area contributed by atoms with Crippen molar-refractivity contribution in [3.8, 4) is 0 Å². The van der Waals surface area contributed by atoms with Crippen molar-refractivity contribution in [2.24, 2.45) is 0 Å². The first-order valence-electron chi connectivity index (χ1n) is 9.88. The molecule has 34 heavy (non-hydrogen) atoms.